The third-order valence-electron chi connectivity index (χ3n) is 3.55. The molecular weight excluding hydrogens is 224 g/mol. The van der Waals surface area contributed by atoms with Crippen LogP contribution < -0.4 is 10.0 Å². The molecule has 0 spiro atoms. The van der Waals surface area contributed by atoms with Gasteiger partial charge >= 0.3 is 0 Å². The fourth-order valence-corrected chi connectivity index (χ4v) is 3.84. The summed E-state index contributed by atoms with van der Waals surface area (Å²) in [4.78, 5) is 0. The molecule has 0 aromatic rings. The van der Waals surface area contributed by atoms with Crippen molar-refractivity contribution in [3.63, 3.8) is 0 Å². The van der Waals surface area contributed by atoms with Gasteiger partial charge in [-0.2, -0.15) is 0 Å². The maximum absolute atomic E-state index is 11.8. The second-order valence-electron chi connectivity index (χ2n) is 5.42. The molecule has 2 N–H and O–H groups in total. The van der Waals surface area contributed by atoms with Gasteiger partial charge in [0.1, 0.15) is 0 Å². The fourth-order valence-electron chi connectivity index (χ4n) is 2.18. The van der Waals surface area contributed by atoms with E-state index >= 15 is 0 Å². The molecule has 5 heteroatoms. The smallest absolute Gasteiger partial charge is 0.212 e. The van der Waals surface area contributed by atoms with Crippen molar-refractivity contribution in [1.82, 2.24) is 10.0 Å². The third kappa shape index (κ3) is 3.71. The van der Waals surface area contributed by atoms with Gasteiger partial charge in [0.15, 0.2) is 0 Å². The van der Waals surface area contributed by atoms with Gasteiger partial charge in [0, 0.05) is 11.6 Å². The third-order valence-corrected chi connectivity index (χ3v) is 5.13. The van der Waals surface area contributed by atoms with Crippen molar-refractivity contribution < 1.29 is 8.42 Å². The molecule has 1 aliphatic heterocycles. The van der Waals surface area contributed by atoms with E-state index in [4.69, 9.17) is 0 Å². The van der Waals surface area contributed by atoms with E-state index < -0.39 is 10.0 Å². The molecule has 2 fully saturated rings. The lowest BCUT2D eigenvalue weighted by Gasteiger charge is -2.23. The molecular formula is C11H22N2O2S. The lowest BCUT2D eigenvalue weighted by molar-refractivity contribution is 0.392. The SMILES string of the molecule is CC1(NS(=O)(=O)CCC2CCCCN2)CC1. The second-order valence-corrected chi connectivity index (χ2v) is 7.26. The highest BCUT2D eigenvalue weighted by molar-refractivity contribution is 7.89. The number of hydrogen-bond donors (Lipinski definition) is 2. The summed E-state index contributed by atoms with van der Waals surface area (Å²) in [7, 11) is -3.07. The molecule has 0 aromatic heterocycles. The molecule has 2 rings (SSSR count). The summed E-state index contributed by atoms with van der Waals surface area (Å²) in [6, 6.07) is 0.400. The Labute approximate surface area is 98.2 Å². The minimum atomic E-state index is -3.07. The van der Waals surface area contributed by atoms with Gasteiger partial charge in [-0.1, -0.05) is 6.42 Å². The zero-order valence-corrected chi connectivity index (χ0v) is 10.8. The van der Waals surface area contributed by atoms with E-state index in [2.05, 4.69) is 10.0 Å². The summed E-state index contributed by atoms with van der Waals surface area (Å²) in [6.07, 6.45) is 6.27. The Morgan fingerprint density at radius 2 is 2.12 bits per heavy atom. The maximum atomic E-state index is 11.8. The Morgan fingerprint density at radius 3 is 2.69 bits per heavy atom. The van der Waals surface area contributed by atoms with Gasteiger partial charge in [0.25, 0.3) is 0 Å². The van der Waals surface area contributed by atoms with E-state index in [9.17, 15) is 8.42 Å². The van der Waals surface area contributed by atoms with Crippen molar-refractivity contribution in [2.75, 3.05) is 12.3 Å². The van der Waals surface area contributed by atoms with Crippen LogP contribution in [0.1, 0.15) is 45.4 Å². The van der Waals surface area contributed by atoms with Gasteiger partial charge in [0.2, 0.25) is 10.0 Å². The van der Waals surface area contributed by atoms with Crippen LogP contribution in [-0.2, 0) is 10.0 Å². The monoisotopic (exact) mass is 246 g/mol. The van der Waals surface area contributed by atoms with E-state index in [-0.39, 0.29) is 11.3 Å². The fraction of sp³-hybridized carbons (Fsp3) is 1.00. The summed E-state index contributed by atoms with van der Waals surface area (Å²) >= 11 is 0. The highest BCUT2D eigenvalue weighted by Crippen LogP contribution is 2.35. The van der Waals surface area contributed by atoms with Crippen LogP contribution in [-0.4, -0.2) is 32.3 Å². The molecule has 4 nitrogen and oxygen atoms in total. The first-order valence-electron chi connectivity index (χ1n) is 6.24. The summed E-state index contributed by atoms with van der Waals surface area (Å²) in [6.45, 7) is 3.01. The Hall–Kier alpha value is -0.130. The molecule has 1 heterocycles. The van der Waals surface area contributed by atoms with E-state index in [1.807, 2.05) is 6.92 Å². The molecule has 16 heavy (non-hydrogen) atoms. The van der Waals surface area contributed by atoms with Crippen LogP contribution in [0.25, 0.3) is 0 Å². The summed E-state index contributed by atoms with van der Waals surface area (Å²) in [5.41, 5.74) is -0.126. The number of nitrogens with one attached hydrogen (secondary N) is 2. The summed E-state index contributed by atoms with van der Waals surface area (Å²) < 4.78 is 26.4. The average molecular weight is 246 g/mol. The minimum absolute atomic E-state index is 0.126. The topological polar surface area (TPSA) is 58.2 Å². The average Bonchev–Trinajstić information content (AvgIpc) is 2.94. The van der Waals surface area contributed by atoms with Crippen molar-refractivity contribution in [2.24, 2.45) is 0 Å². The van der Waals surface area contributed by atoms with Crippen molar-refractivity contribution >= 4 is 10.0 Å². The second kappa shape index (κ2) is 4.63. The number of rotatable bonds is 5. The van der Waals surface area contributed by atoms with Gasteiger partial charge in [-0.3, -0.25) is 0 Å². The summed E-state index contributed by atoms with van der Waals surface area (Å²) in [5.74, 6) is 0.264. The number of piperidine rings is 1. The van der Waals surface area contributed by atoms with E-state index in [1.54, 1.807) is 0 Å². The predicted octanol–water partition coefficient (Wildman–Crippen LogP) is 0.990. The first-order chi connectivity index (χ1) is 7.49. The molecule has 1 saturated heterocycles. The van der Waals surface area contributed by atoms with Gasteiger partial charge < -0.3 is 5.32 Å². The van der Waals surface area contributed by atoms with Gasteiger partial charge in [-0.05, 0) is 45.6 Å². The molecule has 1 unspecified atom stereocenters. The zero-order valence-electron chi connectivity index (χ0n) is 9.96. The number of hydrogen-bond acceptors (Lipinski definition) is 3. The standard InChI is InChI=1S/C11H22N2O2S/c1-11(6-7-11)13-16(14,15)9-5-10-4-2-3-8-12-10/h10,12-13H,2-9H2,1H3. The van der Waals surface area contributed by atoms with Crippen molar-refractivity contribution in [3.05, 3.63) is 0 Å². The molecule has 0 bridgehead atoms. The van der Waals surface area contributed by atoms with Gasteiger partial charge in [-0.25, -0.2) is 13.1 Å². The predicted molar refractivity (Wildman–Crippen MR) is 64.8 cm³/mol. The maximum Gasteiger partial charge on any atom is 0.212 e. The van der Waals surface area contributed by atoms with Crippen molar-refractivity contribution in [1.29, 1.82) is 0 Å². The highest BCUT2D eigenvalue weighted by atomic mass is 32.2. The molecule has 0 radical (unpaired) electrons. The van der Waals surface area contributed by atoms with Crippen LogP contribution in [0.3, 0.4) is 0 Å². The first-order valence-corrected chi connectivity index (χ1v) is 7.89. The van der Waals surface area contributed by atoms with Crippen LogP contribution in [0.4, 0.5) is 0 Å². The van der Waals surface area contributed by atoms with Crippen LogP contribution in [0.5, 0.6) is 0 Å². The van der Waals surface area contributed by atoms with Gasteiger partial charge in [0.05, 0.1) is 5.75 Å². The molecule has 1 saturated carbocycles. The first kappa shape index (κ1) is 12.3. The summed E-state index contributed by atoms with van der Waals surface area (Å²) in [5, 5.41) is 3.38. The lowest BCUT2D eigenvalue weighted by Crippen LogP contribution is -2.40. The van der Waals surface area contributed by atoms with Crippen LogP contribution in [0.2, 0.25) is 0 Å². The van der Waals surface area contributed by atoms with E-state index in [0.717, 1.165) is 32.2 Å². The highest BCUT2D eigenvalue weighted by Gasteiger charge is 2.40. The normalized spacial score (nSPS) is 28.9. The van der Waals surface area contributed by atoms with Crippen LogP contribution in [0.15, 0.2) is 0 Å². The molecule has 0 aromatic carbocycles. The van der Waals surface area contributed by atoms with E-state index in [1.165, 1.54) is 12.8 Å². The molecule has 2 aliphatic rings. The van der Waals surface area contributed by atoms with Crippen LogP contribution in [0, 0.1) is 0 Å². The van der Waals surface area contributed by atoms with E-state index in [0.29, 0.717) is 6.04 Å². The quantitative estimate of drug-likeness (QED) is 0.760. The Morgan fingerprint density at radius 1 is 1.38 bits per heavy atom. The molecule has 94 valence electrons. The lowest BCUT2D eigenvalue weighted by atomic mass is 10.0. The molecule has 1 atom stereocenters. The van der Waals surface area contributed by atoms with Crippen LogP contribution >= 0.6 is 0 Å². The zero-order chi connectivity index (χ0) is 11.6. The number of sulfonamides is 1. The molecule has 1 aliphatic carbocycles. The minimum Gasteiger partial charge on any atom is -0.314 e. The largest absolute Gasteiger partial charge is 0.314 e. The Balaban J connectivity index is 1.75. The van der Waals surface area contributed by atoms with Crippen molar-refractivity contribution in [2.45, 2.75) is 57.0 Å². The Kier molecular flexibility index (Phi) is 3.56. The van der Waals surface area contributed by atoms with Gasteiger partial charge in [-0.15, -0.1) is 0 Å². The molecule has 0 amide bonds. The van der Waals surface area contributed by atoms with Crippen molar-refractivity contribution in [3.8, 4) is 0 Å². The Bertz CT molecular complexity index is 330.